The van der Waals surface area contributed by atoms with Crippen molar-refractivity contribution in [1.82, 2.24) is 9.97 Å². The fraction of sp³-hybridized carbons (Fsp3) is 0.333. The van der Waals surface area contributed by atoms with Crippen molar-refractivity contribution in [3.8, 4) is 5.75 Å². The predicted molar refractivity (Wildman–Crippen MR) is 85.4 cm³/mol. The van der Waals surface area contributed by atoms with Gasteiger partial charge >= 0.3 is 0 Å². The van der Waals surface area contributed by atoms with Crippen LogP contribution in [0.4, 0.5) is 5.95 Å². The first kappa shape index (κ1) is 14.3. The van der Waals surface area contributed by atoms with Crippen molar-refractivity contribution < 1.29 is 4.74 Å². The van der Waals surface area contributed by atoms with Crippen LogP contribution in [0.5, 0.6) is 5.75 Å². The Hall–Kier alpha value is -1.66. The van der Waals surface area contributed by atoms with Crippen molar-refractivity contribution in [2.75, 3.05) is 18.0 Å². The molecule has 1 fully saturated rings. The van der Waals surface area contributed by atoms with Crippen LogP contribution in [0, 0.1) is 0 Å². The molecule has 1 atom stereocenters. The molecule has 0 spiro atoms. The molecule has 0 aliphatic carbocycles. The number of halogens is 1. The van der Waals surface area contributed by atoms with Crippen molar-refractivity contribution in [3.63, 3.8) is 0 Å². The molecule has 5 nitrogen and oxygen atoms in total. The summed E-state index contributed by atoms with van der Waals surface area (Å²) in [5, 5.41) is 0. The van der Waals surface area contributed by atoms with E-state index in [1.165, 1.54) is 0 Å². The molecule has 0 saturated carbocycles. The van der Waals surface area contributed by atoms with Gasteiger partial charge < -0.3 is 15.4 Å². The third-order valence-electron chi connectivity index (χ3n) is 3.45. The third kappa shape index (κ3) is 3.33. The molecule has 2 N–H and O–H groups in total. The maximum atomic E-state index is 5.91. The maximum absolute atomic E-state index is 5.91. The average Bonchev–Trinajstić information content (AvgIpc) is 2.44. The number of rotatable bonds is 4. The molecule has 2 heterocycles. The fourth-order valence-corrected chi connectivity index (χ4v) is 2.39. The quantitative estimate of drug-likeness (QED) is 0.919. The van der Waals surface area contributed by atoms with Gasteiger partial charge in [0.05, 0.1) is 17.6 Å². The van der Waals surface area contributed by atoms with Gasteiger partial charge in [-0.15, -0.1) is 0 Å². The van der Waals surface area contributed by atoms with Crippen LogP contribution in [-0.4, -0.2) is 29.2 Å². The lowest BCUT2D eigenvalue weighted by atomic mass is 10.1. The molecule has 21 heavy (non-hydrogen) atoms. The number of nitrogens with two attached hydrogens (primary N) is 1. The molecule has 2 aromatic rings. The molecule has 1 aromatic carbocycles. The van der Waals surface area contributed by atoms with Crippen LogP contribution in [0.25, 0.3) is 0 Å². The smallest absolute Gasteiger partial charge is 0.225 e. The minimum Gasteiger partial charge on any atom is -0.487 e. The Balaban J connectivity index is 1.53. The maximum Gasteiger partial charge on any atom is 0.225 e. The monoisotopic (exact) mass is 348 g/mol. The predicted octanol–water partition coefficient (Wildman–Crippen LogP) is 2.53. The van der Waals surface area contributed by atoms with E-state index < -0.39 is 0 Å². The number of aromatic nitrogens is 2. The number of ether oxygens (including phenoxy) is 1. The minimum atomic E-state index is 0.0489. The van der Waals surface area contributed by atoms with E-state index >= 15 is 0 Å². The second-order valence-corrected chi connectivity index (χ2v) is 6.12. The van der Waals surface area contributed by atoms with Crippen LogP contribution >= 0.6 is 15.9 Å². The van der Waals surface area contributed by atoms with E-state index in [4.69, 9.17) is 10.5 Å². The fourth-order valence-electron chi connectivity index (χ4n) is 2.19. The average molecular weight is 349 g/mol. The Morgan fingerprint density at radius 1 is 1.24 bits per heavy atom. The van der Waals surface area contributed by atoms with E-state index in [-0.39, 0.29) is 12.1 Å². The molecule has 0 radical (unpaired) electrons. The van der Waals surface area contributed by atoms with Crippen LogP contribution < -0.4 is 15.4 Å². The first-order chi connectivity index (χ1) is 10.1. The highest BCUT2D eigenvalue weighted by molar-refractivity contribution is 9.10. The zero-order valence-corrected chi connectivity index (χ0v) is 13.3. The zero-order chi connectivity index (χ0) is 14.8. The van der Waals surface area contributed by atoms with Gasteiger partial charge in [0.1, 0.15) is 11.9 Å². The van der Waals surface area contributed by atoms with Crippen LogP contribution in [0.1, 0.15) is 18.5 Å². The lowest BCUT2D eigenvalue weighted by Gasteiger charge is -2.38. The second kappa shape index (κ2) is 5.99. The van der Waals surface area contributed by atoms with Crippen molar-refractivity contribution in [2.45, 2.75) is 19.1 Å². The highest BCUT2D eigenvalue weighted by atomic mass is 79.9. The van der Waals surface area contributed by atoms with Gasteiger partial charge in [0.25, 0.3) is 0 Å². The van der Waals surface area contributed by atoms with Crippen molar-refractivity contribution in [2.24, 2.45) is 5.73 Å². The Morgan fingerprint density at radius 3 is 2.43 bits per heavy atom. The first-order valence-corrected chi connectivity index (χ1v) is 7.66. The van der Waals surface area contributed by atoms with Crippen molar-refractivity contribution in [1.29, 1.82) is 0 Å². The molecule has 110 valence electrons. The lowest BCUT2D eigenvalue weighted by molar-refractivity contribution is 0.166. The third-order valence-corrected chi connectivity index (χ3v) is 3.86. The summed E-state index contributed by atoms with van der Waals surface area (Å²) in [6.07, 6.45) is 3.69. The zero-order valence-electron chi connectivity index (χ0n) is 11.7. The molecular weight excluding hydrogens is 332 g/mol. The molecule has 0 amide bonds. The van der Waals surface area contributed by atoms with Gasteiger partial charge in [-0.05, 0) is 40.5 Å². The number of benzene rings is 1. The second-order valence-electron chi connectivity index (χ2n) is 5.20. The SMILES string of the molecule is C[C@H](N)c1ccc(OC2CN(c3ncc(Br)cn3)C2)cc1. The Labute approximate surface area is 132 Å². The van der Waals surface area contributed by atoms with Crippen LogP contribution in [0.3, 0.4) is 0 Å². The van der Waals surface area contributed by atoms with E-state index in [0.29, 0.717) is 0 Å². The first-order valence-electron chi connectivity index (χ1n) is 6.86. The molecule has 1 aliphatic rings. The number of nitrogens with zero attached hydrogens (tertiary/aromatic N) is 3. The summed E-state index contributed by atoms with van der Waals surface area (Å²) in [4.78, 5) is 10.6. The molecule has 0 bridgehead atoms. The summed E-state index contributed by atoms with van der Waals surface area (Å²) in [5.41, 5.74) is 6.94. The summed E-state index contributed by atoms with van der Waals surface area (Å²) in [6, 6.07) is 8.00. The minimum absolute atomic E-state index is 0.0489. The summed E-state index contributed by atoms with van der Waals surface area (Å²) in [7, 11) is 0. The van der Waals surface area contributed by atoms with Crippen LogP contribution in [-0.2, 0) is 0 Å². The van der Waals surface area contributed by atoms with Crippen molar-refractivity contribution >= 4 is 21.9 Å². The Morgan fingerprint density at radius 2 is 1.86 bits per heavy atom. The number of anilines is 1. The van der Waals surface area contributed by atoms with E-state index in [2.05, 4.69) is 30.8 Å². The molecular formula is C15H17BrN4O. The Kier molecular flexibility index (Phi) is 4.07. The van der Waals surface area contributed by atoms with Gasteiger partial charge in [0.2, 0.25) is 5.95 Å². The van der Waals surface area contributed by atoms with Gasteiger partial charge in [-0.1, -0.05) is 12.1 Å². The highest BCUT2D eigenvalue weighted by Crippen LogP contribution is 2.23. The number of hydrogen-bond acceptors (Lipinski definition) is 5. The molecule has 1 saturated heterocycles. The van der Waals surface area contributed by atoms with Crippen LogP contribution in [0.15, 0.2) is 41.1 Å². The van der Waals surface area contributed by atoms with E-state index in [0.717, 1.165) is 34.8 Å². The van der Waals surface area contributed by atoms with E-state index in [9.17, 15) is 0 Å². The number of hydrogen-bond donors (Lipinski definition) is 1. The summed E-state index contributed by atoms with van der Waals surface area (Å²) in [5.74, 6) is 1.62. The van der Waals surface area contributed by atoms with Gasteiger partial charge in [-0.2, -0.15) is 0 Å². The van der Waals surface area contributed by atoms with Gasteiger partial charge in [-0.3, -0.25) is 0 Å². The molecule has 1 aromatic heterocycles. The van der Waals surface area contributed by atoms with E-state index in [1.54, 1.807) is 12.4 Å². The lowest BCUT2D eigenvalue weighted by Crippen LogP contribution is -2.54. The highest BCUT2D eigenvalue weighted by Gasteiger charge is 2.30. The standard InChI is InChI=1S/C15H17BrN4O/c1-10(17)11-2-4-13(5-3-11)21-14-8-20(9-14)15-18-6-12(16)7-19-15/h2-7,10,14H,8-9,17H2,1H3/t10-/m0/s1. The topological polar surface area (TPSA) is 64.3 Å². The van der Waals surface area contributed by atoms with Crippen LogP contribution in [0.2, 0.25) is 0 Å². The molecule has 0 unspecified atom stereocenters. The normalized spacial score (nSPS) is 16.4. The Bertz CT molecular complexity index is 594. The molecule has 3 rings (SSSR count). The van der Waals surface area contributed by atoms with Gasteiger partial charge in [0, 0.05) is 18.4 Å². The van der Waals surface area contributed by atoms with Crippen molar-refractivity contribution in [3.05, 3.63) is 46.7 Å². The summed E-state index contributed by atoms with van der Waals surface area (Å²) >= 11 is 3.33. The summed E-state index contributed by atoms with van der Waals surface area (Å²) < 4.78 is 6.80. The summed E-state index contributed by atoms with van der Waals surface area (Å²) in [6.45, 7) is 3.57. The molecule has 6 heteroatoms. The molecule has 1 aliphatic heterocycles. The van der Waals surface area contributed by atoms with E-state index in [1.807, 2.05) is 31.2 Å². The largest absolute Gasteiger partial charge is 0.487 e. The van der Waals surface area contributed by atoms with Gasteiger partial charge in [0.15, 0.2) is 0 Å². The van der Waals surface area contributed by atoms with Gasteiger partial charge in [-0.25, -0.2) is 9.97 Å².